The van der Waals surface area contributed by atoms with Crippen LogP contribution in [0, 0.1) is 13.8 Å². The largest absolute Gasteiger partial charge is 0.490 e. The second-order valence-corrected chi connectivity index (χ2v) is 9.92. The number of methoxy groups -OCH3 is 1. The monoisotopic (exact) mass is 599 g/mol. The molecule has 230 valence electrons. The van der Waals surface area contributed by atoms with E-state index in [9.17, 15) is 9.59 Å². The van der Waals surface area contributed by atoms with Gasteiger partial charge in [-0.2, -0.15) is 5.10 Å². The average molecular weight is 600 g/mol. The molecular formula is C34H37N3O7. The Kier molecular flexibility index (Phi) is 10.6. The van der Waals surface area contributed by atoms with Crippen LogP contribution in [0.1, 0.15) is 52.7 Å². The molecule has 1 amide bonds. The number of benzene rings is 2. The van der Waals surface area contributed by atoms with Crippen molar-refractivity contribution in [3.05, 3.63) is 107 Å². The van der Waals surface area contributed by atoms with E-state index in [0.29, 0.717) is 41.6 Å². The fourth-order valence-corrected chi connectivity index (χ4v) is 4.57. The Morgan fingerprint density at radius 2 is 1.77 bits per heavy atom. The molecule has 2 aromatic carbocycles. The van der Waals surface area contributed by atoms with E-state index < -0.39 is 18.0 Å². The SMILES string of the molecule is C=CCc1cc(/C=N/NC(=O)c2ccc(COc3ccc(-n4c(C)ccc4C)cc3)o2)cc(OCC)c1O[C@H](C)C(=O)OC. The second-order valence-electron chi connectivity index (χ2n) is 9.92. The lowest BCUT2D eigenvalue weighted by molar-refractivity contribution is -0.147. The van der Waals surface area contributed by atoms with Crippen molar-refractivity contribution in [2.75, 3.05) is 13.7 Å². The first-order valence-corrected chi connectivity index (χ1v) is 14.2. The first-order chi connectivity index (χ1) is 21.2. The van der Waals surface area contributed by atoms with E-state index in [1.165, 1.54) is 13.3 Å². The van der Waals surface area contributed by atoms with E-state index >= 15 is 0 Å². The molecule has 44 heavy (non-hydrogen) atoms. The lowest BCUT2D eigenvalue weighted by atomic mass is 10.1. The Bertz CT molecular complexity index is 1610. The third kappa shape index (κ3) is 7.77. The van der Waals surface area contributed by atoms with Crippen molar-refractivity contribution in [2.45, 2.75) is 46.8 Å². The van der Waals surface area contributed by atoms with E-state index in [1.807, 2.05) is 37.3 Å². The maximum atomic E-state index is 12.7. The molecule has 0 fully saturated rings. The predicted octanol–water partition coefficient (Wildman–Crippen LogP) is 6.10. The third-order valence-corrected chi connectivity index (χ3v) is 6.66. The molecule has 1 N–H and O–H groups in total. The smallest absolute Gasteiger partial charge is 0.346 e. The zero-order chi connectivity index (χ0) is 31.6. The highest BCUT2D eigenvalue weighted by molar-refractivity contribution is 5.92. The van der Waals surface area contributed by atoms with E-state index in [4.69, 9.17) is 23.4 Å². The molecular weight excluding hydrogens is 562 g/mol. The van der Waals surface area contributed by atoms with Crippen molar-refractivity contribution in [1.29, 1.82) is 0 Å². The van der Waals surface area contributed by atoms with Gasteiger partial charge in [-0.25, -0.2) is 10.2 Å². The van der Waals surface area contributed by atoms with Gasteiger partial charge in [-0.15, -0.1) is 6.58 Å². The molecule has 0 aliphatic heterocycles. The molecule has 1 atom stereocenters. The first kappa shape index (κ1) is 31.7. The van der Waals surface area contributed by atoms with Crippen LogP contribution < -0.4 is 19.6 Å². The molecule has 0 aliphatic carbocycles. The maximum absolute atomic E-state index is 12.7. The van der Waals surface area contributed by atoms with E-state index in [2.05, 4.69) is 47.7 Å². The van der Waals surface area contributed by atoms with Crippen LogP contribution >= 0.6 is 0 Å². The Hall–Kier alpha value is -5.25. The van der Waals surface area contributed by atoms with Crippen LogP contribution in [-0.4, -0.2) is 42.5 Å². The van der Waals surface area contributed by atoms with Gasteiger partial charge in [-0.05, 0) is 100 Å². The van der Waals surface area contributed by atoms with Crippen LogP contribution in [0.3, 0.4) is 0 Å². The summed E-state index contributed by atoms with van der Waals surface area (Å²) in [5.74, 6) is 1.09. The van der Waals surface area contributed by atoms with Crippen molar-refractivity contribution in [3.63, 3.8) is 0 Å². The van der Waals surface area contributed by atoms with Crippen LogP contribution in [0.4, 0.5) is 0 Å². The first-order valence-electron chi connectivity index (χ1n) is 14.2. The number of amides is 1. The molecule has 0 aliphatic rings. The fraction of sp³-hybridized carbons (Fsp3) is 0.265. The predicted molar refractivity (Wildman–Crippen MR) is 167 cm³/mol. The van der Waals surface area contributed by atoms with Gasteiger partial charge in [0.1, 0.15) is 18.1 Å². The number of nitrogens with one attached hydrogen (secondary N) is 1. The Morgan fingerprint density at radius 3 is 2.43 bits per heavy atom. The summed E-state index contributed by atoms with van der Waals surface area (Å²) in [6.45, 7) is 11.9. The fourth-order valence-electron chi connectivity index (χ4n) is 4.57. The summed E-state index contributed by atoms with van der Waals surface area (Å²) < 4.78 is 30.1. The summed E-state index contributed by atoms with van der Waals surface area (Å²) in [5.41, 5.74) is 7.22. The molecule has 0 saturated carbocycles. The highest BCUT2D eigenvalue weighted by atomic mass is 16.6. The zero-order valence-electron chi connectivity index (χ0n) is 25.6. The highest BCUT2D eigenvalue weighted by Gasteiger charge is 2.21. The molecule has 2 aromatic heterocycles. The Balaban J connectivity index is 1.38. The van der Waals surface area contributed by atoms with Gasteiger partial charge in [-0.1, -0.05) is 6.08 Å². The number of esters is 1. The van der Waals surface area contributed by atoms with Gasteiger partial charge in [0, 0.05) is 22.6 Å². The molecule has 0 radical (unpaired) electrons. The number of aromatic nitrogens is 1. The Morgan fingerprint density at radius 1 is 1.05 bits per heavy atom. The highest BCUT2D eigenvalue weighted by Crippen LogP contribution is 2.34. The average Bonchev–Trinajstić information content (AvgIpc) is 3.63. The summed E-state index contributed by atoms with van der Waals surface area (Å²) in [5, 5.41) is 4.08. The Labute approximate surface area is 256 Å². The third-order valence-electron chi connectivity index (χ3n) is 6.66. The van der Waals surface area contributed by atoms with Gasteiger partial charge in [0.2, 0.25) is 0 Å². The summed E-state index contributed by atoms with van der Waals surface area (Å²) in [6.07, 6.45) is 2.80. The van der Waals surface area contributed by atoms with Gasteiger partial charge in [-0.3, -0.25) is 4.79 Å². The molecule has 10 heteroatoms. The van der Waals surface area contributed by atoms with E-state index in [0.717, 1.165) is 22.6 Å². The number of hydrogen-bond donors (Lipinski definition) is 1. The zero-order valence-corrected chi connectivity index (χ0v) is 25.6. The van der Waals surface area contributed by atoms with Crippen molar-refractivity contribution in [2.24, 2.45) is 5.10 Å². The number of rotatable bonds is 14. The van der Waals surface area contributed by atoms with Gasteiger partial charge in [0.25, 0.3) is 0 Å². The molecule has 0 bridgehead atoms. The molecule has 4 rings (SSSR count). The second kappa shape index (κ2) is 14.8. The minimum atomic E-state index is -0.838. The number of carbonyl (C=O) groups excluding carboxylic acids is 2. The van der Waals surface area contributed by atoms with Crippen molar-refractivity contribution in [1.82, 2.24) is 9.99 Å². The summed E-state index contributed by atoms with van der Waals surface area (Å²) in [4.78, 5) is 24.6. The van der Waals surface area contributed by atoms with Gasteiger partial charge in [0.15, 0.2) is 23.4 Å². The van der Waals surface area contributed by atoms with Crippen molar-refractivity contribution >= 4 is 18.1 Å². The number of ether oxygens (including phenoxy) is 4. The standard InChI is InChI=1S/C34H37N3O7/c1-7-9-26-18-25(19-31(41-8-2)32(26)43-24(5)34(39)40-6)20-35-36-33(38)30-17-16-29(44-30)21-42-28-14-12-27(13-15-28)37-22(3)10-11-23(37)4/h7,10-20,24H,1,8-9,21H2,2-6H3,(H,36,38)/b35-20+/t24-/m1/s1. The van der Waals surface area contributed by atoms with Crippen LogP contribution in [0.2, 0.25) is 0 Å². The lowest BCUT2D eigenvalue weighted by Crippen LogP contribution is -2.25. The van der Waals surface area contributed by atoms with Crippen molar-refractivity contribution < 1.29 is 33.0 Å². The maximum Gasteiger partial charge on any atom is 0.346 e. The molecule has 2 heterocycles. The van der Waals surface area contributed by atoms with Crippen LogP contribution in [-0.2, 0) is 22.6 Å². The van der Waals surface area contributed by atoms with Gasteiger partial charge < -0.3 is 27.9 Å². The summed E-state index contributed by atoms with van der Waals surface area (Å²) in [7, 11) is 1.30. The minimum Gasteiger partial charge on any atom is -0.490 e. The topological polar surface area (TPSA) is 114 Å². The van der Waals surface area contributed by atoms with Crippen LogP contribution in [0.15, 0.2) is 82.8 Å². The number of carbonyl (C=O) groups is 2. The molecule has 0 saturated heterocycles. The van der Waals surface area contributed by atoms with E-state index in [-0.39, 0.29) is 12.4 Å². The summed E-state index contributed by atoms with van der Waals surface area (Å²) >= 11 is 0. The van der Waals surface area contributed by atoms with Gasteiger partial charge in [0.05, 0.1) is 19.9 Å². The van der Waals surface area contributed by atoms with Crippen LogP contribution in [0.25, 0.3) is 5.69 Å². The van der Waals surface area contributed by atoms with E-state index in [1.54, 1.807) is 31.2 Å². The molecule has 0 spiro atoms. The quantitative estimate of drug-likeness (QED) is 0.0807. The number of furan rings is 1. The van der Waals surface area contributed by atoms with Crippen molar-refractivity contribution in [3.8, 4) is 22.9 Å². The summed E-state index contributed by atoms with van der Waals surface area (Å²) in [6, 6.07) is 18.7. The van der Waals surface area contributed by atoms with Crippen LogP contribution in [0.5, 0.6) is 17.2 Å². The number of hydrazone groups is 1. The number of aryl methyl sites for hydroxylation is 2. The molecule has 4 aromatic rings. The molecule has 10 nitrogen and oxygen atoms in total. The number of nitrogens with zero attached hydrogens (tertiary/aromatic N) is 2. The molecule has 0 unspecified atom stereocenters. The normalized spacial score (nSPS) is 11.7. The van der Waals surface area contributed by atoms with Gasteiger partial charge >= 0.3 is 11.9 Å². The lowest BCUT2D eigenvalue weighted by Gasteiger charge is -2.19. The minimum absolute atomic E-state index is 0.0950. The number of hydrogen-bond acceptors (Lipinski definition) is 8. The number of allylic oxidation sites excluding steroid dienone is 1.